The van der Waals surface area contributed by atoms with Crippen molar-refractivity contribution in [2.45, 2.75) is 25.1 Å². The van der Waals surface area contributed by atoms with E-state index in [1.54, 1.807) is 24.3 Å². The summed E-state index contributed by atoms with van der Waals surface area (Å²) in [7, 11) is 0. The number of anilines is 3. The molecule has 1 fully saturated rings. The van der Waals surface area contributed by atoms with Gasteiger partial charge in [0.2, 0.25) is 0 Å². The zero-order valence-corrected chi connectivity index (χ0v) is 15.3. The summed E-state index contributed by atoms with van der Waals surface area (Å²) in [4.78, 5) is 12.4. The first kappa shape index (κ1) is 20.2. The number of aliphatic hydroxyl groups is 1. The van der Waals surface area contributed by atoms with E-state index in [4.69, 9.17) is 11.6 Å². The van der Waals surface area contributed by atoms with Gasteiger partial charge in [0.25, 0.3) is 5.69 Å². The van der Waals surface area contributed by atoms with E-state index in [-0.39, 0.29) is 11.8 Å². The maximum atomic E-state index is 12.9. The third-order valence-electron chi connectivity index (χ3n) is 4.56. The van der Waals surface area contributed by atoms with Crippen LogP contribution in [0.2, 0.25) is 5.02 Å². The molecule has 0 atom stereocenters. The van der Waals surface area contributed by atoms with Crippen molar-refractivity contribution in [3.63, 3.8) is 0 Å². The first-order valence-corrected chi connectivity index (χ1v) is 8.88. The number of nitrogens with one attached hydrogen (secondary N) is 1. The van der Waals surface area contributed by atoms with E-state index in [0.29, 0.717) is 37.7 Å². The van der Waals surface area contributed by atoms with Gasteiger partial charge in [-0.3, -0.25) is 10.1 Å². The molecule has 1 aliphatic rings. The molecule has 3 rings (SSSR count). The van der Waals surface area contributed by atoms with Crippen molar-refractivity contribution in [3.8, 4) is 0 Å². The Hall–Kier alpha value is -2.52. The second-order valence-electron chi connectivity index (χ2n) is 6.49. The molecular formula is C18H17ClF3N3O3. The highest BCUT2D eigenvalue weighted by Gasteiger charge is 2.36. The standard InChI is InChI=1S/C18H17ClF3N3O3/c19-15-10-16(17(25(27)28)9-14(15)18(20,21)22)23-11-1-3-12(4-2-11)24-7-5-13(26)6-8-24/h1-4,9-10,13,23,26H,5-8H2. The Morgan fingerprint density at radius 1 is 1.18 bits per heavy atom. The molecule has 0 amide bonds. The summed E-state index contributed by atoms with van der Waals surface area (Å²) in [6, 6.07) is 8.29. The largest absolute Gasteiger partial charge is 0.418 e. The summed E-state index contributed by atoms with van der Waals surface area (Å²) in [5, 5.41) is 22.9. The second kappa shape index (κ2) is 7.84. The number of rotatable bonds is 4. The Kier molecular flexibility index (Phi) is 5.66. The van der Waals surface area contributed by atoms with Gasteiger partial charge in [0.1, 0.15) is 5.69 Å². The molecular weight excluding hydrogens is 399 g/mol. The van der Waals surface area contributed by atoms with Crippen molar-refractivity contribution in [3.05, 3.63) is 57.1 Å². The fourth-order valence-electron chi connectivity index (χ4n) is 3.07. The number of nitro groups is 1. The molecule has 0 aliphatic carbocycles. The van der Waals surface area contributed by atoms with Crippen LogP contribution in [0.3, 0.4) is 0 Å². The topological polar surface area (TPSA) is 78.6 Å². The SMILES string of the molecule is O=[N+]([O-])c1cc(C(F)(F)F)c(Cl)cc1Nc1ccc(N2CCC(O)CC2)cc1. The highest BCUT2D eigenvalue weighted by atomic mass is 35.5. The Morgan fingerprint density at radius 3 is 2.32 bits per heavy atom. The summed E-state index contributed by atoms with van der Waals surface area (Å²) >= 11 is 5.69. The van der Waals surface area contributed by atoms with Gasteiger partial charge in [0.05, 0.1) is 21.6 Å². The normalized spacial score (nSPS) is 15.5. The molecule has 0 spiro atoms. The minimum absolute atomic E-state index is 0.128. The molecule has 0 aromatic heterocycles. The minimum atomic E-state index is -4.79. The minimum Gasteiger partial charge on any atom is -0.393 e. The van der Waals surface area contributed by atoms with Crippen LogP contribution in [-0.2, 0) is 6.18 Å². The van der Waals surface area contributed by atoms with Crippen LogP contribution < -0.4 is 10.2 Å². The Balaban J connectivity index is 1.83. The van der Waals surface area contributed by atoms with Crippen LogP contribution in [-0.4, -0.2) is 29.2 Å². The molecule has 6 nitrogen and oxygen atoms in total. The molecule has 28 heavy (non-hydrogen) atoms. The molecule has 10 heteroatoms. The number of nitrogens with zero attached hydrogens (tertiary/aromatic N) is 2. The number of nitro benzene ring substituents is 1. The maximum absolute atomic E-state index is 12.9. The van der Waals surface area contributed by atoms with E-state index in [1.165, 1.54) is 0 Å². The number of piperidine rings is 1. The first-order chi connectivity index (χ1) is 13.1. The van der Waals surface area contributed by atoms with E-state index in [0.717, 1.165) is 11.8 Å². The van der Waals surface area contributed by atoms with Gasteiger partial charge in [0.15, 0.2) is 0 Å². The van der Waals surface area contributed by atoms with Crippen molar-refractivity contribution in [1.82, 2.24) is 0 Å². The van der Waals surface area contributed by atoms with Gasteiger partial charge in [-0.2, -0.15) is 13.2 Å². The maximum Gasteiger partial charge on any atom is 0.418 e. The molecule has 0 bridgehead atoms. The zero-order chi connectivity index (χ0) is 20.5. The van der Waals surface area contributed by atoms with Crippen LogP contribution >= 0.6 is 11.6 Å². The fourth-order valence-corrected chi connectivity index (χ4v) is 3.34. The lowest BCUT2D eigenvalue weighted by Crippen LogP contribution is -2.35. The van der Waals surface area contributed by atoms with Gasteiger partial charge in [-0.25, -0.2) is 0 Å². The Bertz CT molecular complexity index is 867. The van der Waals surface area contributed by atoms with Crippen LogP contribution in [0, 0.1) is 10.1 Å². The predicted molar refractivity (Wildman–Crippen MR) is 100 cm³/mol. The van der Waals surface area contributed by atoms with Crippen molar-refractivity contribution in [2.75, 3.05) is 23.3 Å². The van der Waals surface area contributed by atoms with E-state index >= 15 is 0 Å². The lowest BCUT2D eigenvalue weighted by Gasteiger charge is -2.31. The summed E-state index contributed by atoms with van der Waals surface area (Å²) < 4.78 is 38.8. The molecule has 1 aliphatic heterocycles. The van der Waals surface area contributed by atoms with Crippen molar-refractivity contribution in [1.29, 1.82) is 0 Å². The Labute approximate surface area is 163 Å². The van der Waals surface area contributed by atoms with Crippen LogP contribution in [0.15, 0.2) is 36.4 Å². The lowest BCUT2D eigenvalue weighted by molar-refractivity contribution is -0.384. The number of benzene rings is 2. The van der Waals surface area contributed by atoms with Crippen molar-refractivity contribution >= 4 is 34.4 Å². The van der Waals surface area contributed by atoms with Crippen LogP contribution in [0.5, 0.6) is 0 Å². The van der Waals surface area contributed by atoms with E-state index in [9.17, 15) is 28.4 Å². The highest BCUT2D eigenvalue weighted by molar-refractivity contribution is 6.31. The third-order valence-corrected chi connectivity index (χ3v) is 4.88. The number of hydrogen-bond donors (Lipinski definition) is 2. The molecule has 1 heterocycles. The van der Waals surface area contributed by atoms with Gasteiger partial charge in [0, 0.05) is 30.5 Å². The fraction of sp³-hybridized carbons (Fsp3) is 0.333. The first-order valence-electron chi connectivity index (χ1n) is 8.50. The van der Waals surface area contributed by atoms with Crippen LogP contribution in [0.25, 0.3) is 0 Å². The van der Waals surface area contributed by atoms with Gasteiger partial charge in [-0.15, -0.1) is 0 Å². The Morgan fingerprint density at radius 2 is 1.79 bits per heavy atom. The van der Waals surface area contributed by atoms with E-state index < -0.39 is 27.4 Å². The monoisotopic (exact) mass is 415 g/mol. The summed E-state index contributed by atoms with van der Waals surface area (Å²) in [5.74, 6) is 0. The molecule has 2 aromatic carbocycles. The van der Waals surface area contributed by atoms with Gasteiger partial charge < -0.3 is 15.3 Å². The quantitative estimate of drug-likeness (QED) is 0.544. The molecule has 1 saturated heterocycles. The van der Waals surface area contributed by atoms with E-state index in [2.05, 4.69) is 10.2 Å². The number of hydrogen-bond acceptors (Lipinski definition) is 5. The molecule has 2 aromatic rings. The predicted octanol–water partition coefficient (Wildman–Crippen LogP) is 4.97. The lowest BCUT2D eigenvalue weighted by atomic mass is 10.1. The molecule has 0 saturated carbocycles. The van der Waals surface area contributed by atoms with Gasteiger partial charge in [-0.05, 0) is 43.2 Å². The third kappa shape index (κ3) is 4.48. The van der Waals surface area contributed by atoms with Gasteiger partial charge >= 0.3 is 6.18 Å². The average Bonchev–Trinajstić information content (AvgIpc) is 2.62. The van der Waals surface area contributed by atoms with Crippen LogP contribution in [0.1, 0.15) is 18.4 Å². The summed E-state index contributed by atoms with van der Waals surface area (Å²) in [6.07, 6.45) is -3.72. The zero-order valence-electron chi connectivity index (χ0n) is 14.5. The molecule has 150 valence electrons. The van der Waals surface area contributed by atoms with Crippen molar-refractivity contribution in [2.24, 2.45) is 0 Å². The molecule has 0 radical (unpaired) electrons. The van der Waals surface area contributed by atoms with Gasteiger partial charge in [-0.1, -0.05) is 11.6 Å². The smallest absolute Gasteiger partial charge is 0.393 e. The second-order valence-corrected chi connectivity index (χ2v) is 6.90. The molecule has 0 unspecified atom stereocenters. The summed E-state index contributed by atoms with van der Waals surface area (Å²) in [5.41, 5.74) is -0.700. The average molecular weight is 416 g/mol. The van der Waals surface area contributed by atoms with Crippen LogP contribution in [0.4, 0.5) is 35.9 Å². The number of aliphatic hydroxyl groups excluding tert-OH is 1. The number of halogens is 4. The van der Waals surface area contributed by atoms with Crippen molar-refractivity contribution < 1.29 is 23.2 Å². The molecule has 2 N–H and O–H groups in total. The highest BCUT2D eigenvalue weighted by Crippen LogP contribution is 2.41. The van der Waals surface area contributed by atoms with E-state index in [1.807, 2.05) is 0 Å². The number of alkyl halides is 3. The summed E-state index contributed by atoms with van der Waals surface area (Å²) in [6.45, 7) is 1.43.